The molecule has 2 aromatic heterocycles. The van der Waals surface area contributed by atoms with Crippen LogP contribution in [-0.2, 0) is 6.54 Å². The highest BCUT2D eigenvalue weighted by atomic mass is 14.9. The molecule has 0 radical (unpaired) electrons. The third kappa shape index (κ3) is 2.72. The summed E-state index contributed by atoms with van der Waals surface area (Å²) in [5.41, 5.74) is 2.79. The van der Waals surface area contributed by atoms with Crippen LogP contribution >= 0.6 is 0 Å². The first kappa shape index (κ1) is 10.9. The van der Waals surface area contributed by atoms with E-state index in [4.69, 9.17) is 0 Å². The van der Waals surface area contributed by atoms with Crippen molar-refractivity contribution in [3.63, 3.8) is 0 Å². The fraction of sp³-hybridized carbons (Fsp3) is 0.357. The molecular formula is C14H18N2. The average Bonchev–Trinajstić information content (AvgIpc) is 2.65. The molecule has 16 heavy (non-hydrogen) atoms. The summed E-state index contributed by atoms with van der Waals surface area (Å²) in [5, 5.41) is 0. The van der Waals surface area contributed by atoms with E-state index in [0.29, 0.717) is 5.41 Å². The van der Waals surface area contributed by atoms with E-state index in [-0.39, 0.29) is 0 Å². The van der Waals surface area contributed by atoms with Crippen molar-refractivity contribution in [1.82, 2.24) is 9.55 Å². The van der Waals surface area contributed by atoms with Gasteiger partial charge in [-0.3, -0.25) is 4.98 Å². The Morgan fingerprint density at radius 3 is 2.38 bits per heavy atom. The van der Waals surface area contributed by atoms with Crippen molar-refractivity contribution < 1.29 is 0 Å². The van der Waals surface area contributed by atoms with Crippen molar-refractivity contribution in [3.05, 3.63) is 43.0 Å². The summed E-state index contributed by atoms with van der Waals surface area (Å²) in [6.45, 7) is 7.79. The summed E-state index contributed by atoms with van der Waals surface area (Å²) in [6.07, 6.45) is 7.99. The number of pyridine rings is 1. The normalized spacial score (nSPS) is 11.7. The molecule has 0 unspecified atom stereocenters. The fourth-order valence-electron chi connectivity index (χ4n) is 1.80. The fourth-order valence-corrected chi connectivity index (χ4v) is 1.80. The van der Waals surface area contributed by atoms with Crippen molar-refractivity contribution in [2.24, 2.45) is 5.41 Å². The maximum Gasteiger partial charge on any atom is 0.0273 e. The van der Waals surface area contributed by atoms with Gasteiger partial charge in [0.25, 0.3) is 0 Å². The average molecular weight is 214 g/mol. The Bertz CT molecular complexity index is 449. The highest BCUT2D eigenvalue weighted by molar-refractivity contribution is 5.61. The summed E-state index contributed by atoms with van der Waals surface area (Å²) in [4.78, 5) is 4.03. The van der Waals surface area contributed by atoms with Gasteiger partial charge in [-0.25, -0.2) is 0 Å². The molecule has 0 aliphatic heterocycles. The lowest BCUT2D eigenvalue weighted by atomic mass is 9.97. The van der Waals surface area contributed by atoms with Gasteiger partial charge in [0.1, 0.15) is 0 Å². The molecule has 0 saturated carbocycles. The molecule has 2 heterocycles. The standard InChI is InChI=1S/C14H18N2/c1-14(2,3)11-16-9-6-13(10-16)12-4-7-15-8-5-12/h4-10H,11H2,1-3H3. The van der Waals surface area contributed by atoms with E-state index < -0.39 is 0 Å². The van der Waals surface area contributed by atoms with Gasteiger partial charge in [-0.05, 0) is 34.7 Å². The minimum Gasteiger partial charge on any atom is -0.353 e. The highest BCUT2D eigenvalue weighted by Crippen LogP contribution is 2.22. The molecule has 0 spiro atoms. The van der Waals surface area contributed by atoms with E-state index in [9.17, 15) is 0 Å². The van der Waals surface area contributed by atoms with E-state index in [0.717, 1.165) is 6.54 Å². The number of hydrogen-bond acceptors (Lipinski definition) is 1. The Kier molecular flexibility index (Phi) is 2.82. The van der Waals surface area contributed by atoms with Crippen molar-refractivity contribution in [2.75, 3.05) is 0 Å². The Balaban J connectivity index is 2.21. The smallest absolute Gasteiger partial charge is 0.0273 e. The van der Waals surface area contributed by atoms with Crippen LogP contribution in [0.15, 0.2) is 43.0 Å². The monoisotopic (exact) mass is 214 g/mol. The summed E-state index contributed by atoms with van der Waals surface area (Å²) in [7, 11) is 0. The zero-order valence-corrected chi connectivity index (χ0v) is 10.1. The summed E-state index contributed by atoms with van der Waals surface area (Å²) < 4.78 is 2.25. The number of nitrogens with zero attached hydrogens (tertiary/aromatic N) is 2. The summed E-state index contributed by atoms with van der Waals surface area (Å²) >= 11 is 0. The van der Waals surface area contributed by atoms with E-state index >= 15 is 0 Å². The van der Waals surface area contributed by atoms with Gasteiger partial charge in [-0.1, -0.05) is 20.8 Å². The molecule has 2 rings (SSSR count). The molecule has 0 aliphatic carbocycles. The lowest BCUT2D eigenvalue weighted by molar-refractivity contribution is 0.344. The Hall–Kier alpha value is -1.57. The van der Waals surface area contributed by atoms with Crippen LogP contribution in [-0.4, -0.2) is 9.55 Å². The minimum atomic E-state index is 0.314. The highest BCUT2D eigenvalue weighted by Gasteiger charge is 2.11. The molecule has 0 fully saturated rings. The molecule has 0 aromatic carbocycles. The van der Waals surface area contributed by atoms with Crippen molar-refractivity contribution in [3.8, 4) is 11.1 Å². The molecular weight excluding hydrogens is 196 g/mol. The van der Waals surface area contributed by atoms with Crippen LogP contribution in [0.25, 0.3) is 11.1 Å². The zero-order chi connectivity index (χ0) is 11.6. The van der Waals surface area contributed by atoms with E-state index in [1.54, 1.807) is 0 Å². The maximum atomic E-state index is 4.03. The second-order valence-corrected chi connectivity index (χ2v) is 5.37. The number of aromatic nitrogens is 2. The third-order valence-electron chi connectivity index (χ3n) is 2.42. The van der Waals surface area contributed by atoms with Gasteiger partial charge >= 0.3 is 0 Å². The maximum absolute atomic E-state index is 4.03. The number of hydrogen-bond donors (Lipinski definition) is 0. The second-order valence-electron chi connectivity index (χ2n) is 5.37. The molecule has 0 aliphatic rings. The minimum absolute atomic E-state index is 0.314. The molecule has 0 bridgehead atoms. The largest absolute Gasteiger partial charge is 0.353 e. The molecule has 2 heteroatoms. The van der Waals surface area contributed by atoms with Crippen molar-refractivity contribution >= 4 is 0 Å². The molecule has 0 amide bonds. The van der Waals surface area contributed by atoms with E-state index in [1.165, 1.54) is 11.1 Å². The second kappa shape index (κ2) is 4.12. The van der Waals surface area contributed by atoms with Crippen LogP contribution in [0.5, 0.6) is 0 Å². The predicted molar refractivity (Wildman–Crippen MR) is 67.1 cm³/mol. The quantitative estimate of drug-likeness (QED) is 0.747. The van der Waals surface area contributed by atoms with Crippen LogP contribution in [0.2, 0.25) is 0 Å². The third-order valence-corrected chi connectivity index (χ3v) is 2.42. The van der Waals surface area contributed by atoms with Gasteiger partial charge in [0.05, 0.1) is 0 Å². The first-order valence-corrected chi connectivity index (χ1v) is 5.61. The lowest BCUT2D eigenvalue weighted by Crippen LogP contribution is -2.13. The van der Waals surface area contributed by atoms with Gasteiger partial charge in [0, 0.05) is 31.3 Å². The zero-order valence-electron chi connectivity index (χ0n) is 10.1. The molecule has 2 aromatic rings. The summed E-state index contributed by atoms with van der Waals surface area (Å²) in [5.74, 6) is 0. The van der Waals surface area contributed by atoms with Crippen LogP contribution < -0.4 is 0 Å². The van der Waals surface area contributed by atoms with Crippen LogP contribution in [0.1, 0.15) is 20.8 Å². The van der Waals surface area contributed by atoms with Crippen LogP contribution in [0.4, 0.5) is 0 Å². The molecule has 0 atom stereocenters. The van der Waals surface area contributed by atoms with Gasteiger partial charge in [-0.2, -0.15) is 0 Å². The first-order valence-electron chi connectivity index (χ1n) is 5.61. The molecule has 2 nitrogen and oxygen atoms in total. The lowest BCUT2D eigenvalue weighted by Gasteiger charge is -2.18. The molecule has 0 saturated heterocycles. The molecule has 84 valence electrons. The van der Waals surface area contributed by atoms with Gasteiger partial charge < -0.3 is 4.57 Å². The van der Waals surface area contributed by atoms with Gasteiger partial charge in [0.15, 0.2) is 0 Å². The summed E-state index contributed by atoms with van der Waals surface area (Å²) in [6, 6.07) is 6.23. The van der Waals surface area contributed by atoms with Gasteiger partial charge in [0.2, 0.25) is 0 Å². The SMILES string of the molecule is CC(C)(C)Cn1ccc(-c2ccncc2)c1. The predicted octanol–water partition coefficient (Wildman–Crippen LogP) is 3.60. The Morgan fingerprint density at radius 1 is 1.06 bits per heavy atom. The Labute approximate surface area is 97.0 Å². The van der Waals surface area contributed by atoms with E-state index in [1.807, 2.05) is 24.5 Å². The van der Waals surface area contributed by atoms with E-state index in [2.05, 4.69) is 48.8 Å². The number of rotatable bonds is 2. The van der Waals surface area contributed by atoms with Crippen molar-refractivity contribution in [1.29, 1.82) is 0 Å². The van der Waals surface area contributed by atoms with Crippen LogP contribution in [0.3, 0.4) is 0 Å². The topological polar surface area (TPSA) is 17.8 Å². The Morgan fingerprint density at radius 2 is 1.75 bits per heavy atom. The van der Waals surface area contributed by atoms with Crippen LogP contribution in [0, 0.1) is 5.41 Å². The van der Waals surface area contributed by atoms with Crippen molar-refractivity contribution in [2.45, 2.75) is 27.3 Å². The molecule has 0 N–H and O–H groups in total. The van der Waals surface area contributed by atoms with Gasteiger partial charge in [-0.15, -0.1) is 0 Å². The first-order chi connectivity index (χ1) is 7.54.